The normalized spacial score (nSPS) is 14.3. The molecular formula is C18H28N6. The van der Waals surface area contributed by atoms with Crippen molar-refractivity contribution in [1.82, 2.24) is 25.5 Å². The summed E-state index contributed by atoms with van der Waals surface area (Å²) in [7, 11) is 0. The number of aryl methyl sites for hydroxylation is 3. The van der Waals surface area contributed by atoms with Crippen molar-refractivity contribution in [3.8, 4) is 0 Å². The SMILES string of the molecule is CCc1nc2c(c(NCCCc3c(C)n[nH]c3C)n1)CCNCC2. The zero-order valence-corrected chi connectivity index (χ0v) is 15.0. The van der Waals surface area contributed by atoms with Crippen LogP contribution in [0.4, 0.5) is 5.82 Å². The van der Waals surface area contributed by atoms with Crippen LogP contribution in [-0.2, 0) is 25.7 Å². The van der Waals surface area contributed by atoms with Crippen LogP contribution in [0.15, 0.2) is 0 Å². The molecule has 0 bridgehead atoms. The second-order valence-electron chi connectivity index (χ2n) is 6.46. The van der Waals surface area contributed by atoms with Gasteiger partial charge in [-0.1, -0.05) is 6.92 Å². The topological polar surface area (TPSA) is 78.5 Å². The smallest absolute Gasteiger partial charge is 0.133 e. The zero-order chi connectivity index (χ0) is 16.9. The molecule has 0 aromatic carbocycles. The van der Waals surface area contributed by atoms with Gasteiger partial charge in [-0.25, -0.2) is 9.97 Å². The summed E-state index contributed by atoms with van der Waals surface area (Å²) in [5, 5.41) is 14.3. The molecule has 0 fully saturated rings. The van der Waals surface area contributed by atoms with E-state index in [0.29, 0.717) is 0 Å². The molecule has 0 saturated carbocycles. The Bertz CT molecular complexity index is 672. The van der Waals surface area contributed by atoms with Crippen molar-refractivity contribution < 1.29 is 0 Å². The van der Waals surface area contributed by atoms with Crippen molar-refractivity contribution in [2.45, 2.75) is 52.9 Å². The van der Waals surface area contributed by atoms with Crippen LogP contribution in [0, 0.1) is 13.8 Å². The second-order valence-corrected chi connectivity index (χ2v) is 6.46. The van der Waals surface area contributed by atoms with E-state index in [0.717, 1.165) is 69.1 Å². The predicted octanol–water partition coefficient (Wildman–Crippen LogP) is 2.11. The number of nitrogens with zero attached hydrogens (tertiary/aromatic N) is 3. The van der Waals surface area contributed by atoms with Crippen molar-refractivity contribution in [1.29, 1.82) is 0 Å². The first kappa shape index (κ1) is 16.9. The van der Waals surface area contributed by atoms with Gasteiger partial charge >= 0.3 is 0 Å². The Kier molecular flexibility index (Phi) is 5.45. The Morgan fingerprint density at radius 1 is 1.12 bits per heavy atom. The summed E-state index contributed by atoms with van der Waals surface area (Å²) in [6.07, 6.45) is 4.98. The molecule has 0 radical (unpaired) electrons. The third-order valence-electron chi connectivity index (χ3n) is 4.72. The van der Waals surface area contributed by atoms with Gasteiger partial charge in [-0.15, -0.1) is 0 Å². The van der Waals surface area contributed by atoms with Gasteiger partial charge in [0.1, 0.15) is 11.6 Å². The number of H-pyrrole nitrogens is 1. The number of aromatic amines is 1. The molecule has 2 aromatic heterocycles. The molecule has 0 aliphatic carbocycles. The predicted molar refractivity (Wildman–Crippen MR) is 96.6 cm³/mol. The lowest BCUT2D eigenvalue weighted by molar-refractivity contribution is 0.708. The van der Waals surface area contributed by atoms with E-state index < -0.39 is 0 Å². The standard InChI is InChI=1S/C18H28N6/c1-4-17-21-16-8-11-19-10-7-15(16)18(22-17)20-9-5-6-14-12(2)23-24-13(14)3/h19H,4-11H2,1-3H3,(H,23,24)(H,20,21,22). The number of hydrogen-bond donors (Lipinski definition) is 3. The van der Waals surface area contributed by atoms with Crippen LogP contribution < -0.4 is 10.6 Å². The maximum absolute atomic E-state index is 4.75. The van der Waals surface area contributed by atoms with E-state index >= 15 is 0 Å². The molecule has 6 heteroatoms. The Labute approximate surface area is 143 Å². The van der Waals surface area contributed by atoms with E-state index in [-0.39, 0.29) is 0 Å². The van der Waals surface area contributed by atoms with Crippen LogP contribution in [0.1, 0.15) is 47.4 Å². The van der Waals surface area contributed by atoms with Gasteiger partial charge in [-0.3, -0.25) is 5.10 Å². The average Bonchev–Trinajstić information content (AvgIpc) is 2.79. The maximum atomic E-state index is 4.75. The van der Waals surface area contributed by atoms with E-state index in [1.54, 1.807) is 0 Å². The zero-order valence-electron chi connectivity index (χ0n) is 15.0. The minimum absolute atomic E-state index is 0.878. The van der Waals surface area contributed by atoms with Crippen molar-refractivity contribution in [3.05, 3.63) is 34.0 Å². The number of rotatable bonds is 6. The molecule has 1 aliphatic rings. The maximum Gasteiger partial charge on any atom is 0.133 e. The molecule has 1 aliphatic heterocycles. The van der Waals surface area contributed by atoms with Gasteiger partial charge in [0.25, 0.3) is 0 Å². The Morgan fingerprint density at radius 2 is 1.96 bits per heavy atom. The van der Waals surface area contributed by atoms with Crippen LogP contribution in [-0.4, -0.2) is 39.8 Å². The van der Waals surface area contributed by atoms with E-state index in [9.17, 15) is 0 Å². The number of nitrogens with one attached hydrogen (secondary N) is 3. The molecule has 3 heterocycles. The first-order chi connectivity index (χ1) is 11.7. The summed E-state index contributed by atoms with van der Waals surface area (Å²) in [5.41, 5.74) is 6.16. The van der Waals surface area contributed by atoms with E-state index in [4.69, 9.17) is 9.97 Å². The molecule has 0 atom stereocenters. The van der Waals surface area contributed by atoms with Crippen LogP contribution >= 0.6 is 0 Å². The van der Waals surface area contributed by atoms with Gasteiger partial charge in [-0.05, 0) is 45.2 Å². The van der Waals surface area contributed by atoms with Gasteiger partial charge in [0.15, 0.2) is 0 Å². The molecule has 3 rings (SSSR count). The molecule has 6 nitrogen and oxygen atoms in total. The summed E-state index contributed by atoms with van der Waals surface area (Å²) < 4.78 is 0. The minimum Gasteiger partial charge on any atom is -0.370 e. The third-order valence-corrected chi connectivity index (χ3v) is 4.72. The summed E-state index contributed by atoms with van der Waals surface area (Å²) in [4.78, 5) is 9.49. The van der Waals surface area contributed by atoms with Gasteiger partial charge in [0.05, 0.1) is 11.4 Å². The first-order valence-electron chi connectivity index (χ1n) is 9.02. The lowest BCUT2D eigenvalue weighted by Gasteiger charge is -2.14. The Hall–Kier alpha value is -1.95. The number of anilines is 1. The highest BCUT2D eigenvalue weighted by Gasteiger charge is 2.16. The number of hydrogen-bond acceptors (Lipinski definition) is 5. The van der Waals surface area contributed by atoms with Crippen molar-refractivity contribution in [2.75, 3.05) is 25.0 Å². The molecule has 0 unspecified atom stereocenters. The van der Waals surface area contributed by atoms with E-state index in [1.165, 1.54) is 22.5 Å². The Balaban J connectivity index is 1.66. The summed E-state index contributed by atoms with van der Waals surface area (Å²) in [6.45, 7) is 9.20. The van der Waals surface area contributed by atoms with E-state index in [1.807, 2.05) is 0 Å². The van der Waals surface area contributed by atoms with Gasteiger partial charge in [0, 0.05) is 37.2 Å². The van der Waals surface area contributed by atoms with E-state index in [2.05, 4.69) is 41.6 Å². The average molecular weight is 328 g/mol. The molecule has 0 saturated heterocycles. The quantitative estimate of drug-likeness (QED) is 0.708. The fraction of sp³-hybridized carbons (Fsp3) is 0.611. The highest BCUT2D eigenvalue weighted by molar-refractivity contribution is 5.47. The van der Waals surface area contributed by atoms with Gasteiger partial charge in [0.2, 0.25) is 0 Å². The fourth-order valence-electron chi connectivity index (χ4n) is 3.31. The van der Waals surface area contributed by atoms with Crippen LogP contribution in [0.25, 0.3) is 0 Å². The Morgan fingerprint density at radius 3 is 2.71 bits per heavy atom. The summed E-state index contributed by atoms with van der Waals surface area (Å²) in [5.74, 6) is 1.99. The molecule has 2 aromatic rings. The van der Waals surface area contributed by atoms with Crippen LogP contribution in [0.2, 0.25) is 0 Å². The highest BCUT2D eigenvalue weighted by atomic mass is 15.1. The molecule has 3 N–H and O–H groups in total. The van der Waals surface area contributed by atoms with Crippen molar-refractivity contribution >= 4 is 5.82 Å². The minimum atomic E-state index is 0.878. The second kappa shape index (κ2) is 7.75. The first-order valence-corrected chi connectivity index (χ1v) is 9.02. The number of fused-ring (bicyclic) bond motifs is 1. The molecule has 0 spiro atoms. The fourth-order valence-corrected chi connectivity index (χ4v) is 3.31. The lowest BCUT2D eigenvalue weighted by Crippen LogP contribution is -2.16. The van der Waals surface area contributed by atoms with Gasteiger partial charge in [-0.2, -0.15) is 5.10 Å². The van der Waals surface area contributed by atoms with Crippen molar-refractivity contribution in [3.63, 3.8) is 0 Å². The monoisotopic (exact) mass is 328 g/mol. The van der Waals surface area contributed by atoms with Crippen molar-refractivity contribution in [2.24, 2.45) is 0 Å². The lowest BCUT2D eigenvalue weighted by atomic mass is 10.1. The largest absolute Gasteiger partial charge is 0.370 e. The third kappa shape index (κ3) is 3.75. The molecular weight excluding hydrogens is 300 g/mol. The van der Waals surface area contributed by atoms with Crippen LogP contribution in [0.3, 0.4) is 0 Å². The summed E-state index contributed by atoms with van der Waals surface area (Å²) in [6, 6.07) is 0. The number of aromatic nitrogens is 4. The molecule has 130 valence electrons. The summed E-state index contributed by atoms with van der Waals surface area (Å²) >= 11 is 0. The highest BCUT2D eigenvalue weighted by Crippen LogP contribution is 2.20. The van der Waals surface area contributed by atoms with Crippen LogP contribution in [0.5, 0.6) is 0 Å². The molecule has 24 heavy (non-hydrogen) atoms. The van der Waals surface area contributed by atoms with Gasteiger partial charge < -0.3 is 10.6 Å². The molecule has 0 amide bonds.